The maximum Gasteiger partial charge on any atom is 0.219 e. The normalized spacial score (nSPS) is 29.1. The van der Waals surface area contributed by atoms with E-state index in [4.69, 9.17) is 4.74 Å². The smallest absolute Gasteiger partial charge is 0.219 e. The fourth-order valence-electron chi connectivity index (χ4n) is 2.11. The van der Waals surface area contributed by atoms with E-state index in [9.17, 15) is 4.79 Å². The average Bonchev–Trinajstić information content (AvgIpc) is 2.30. The van der Waals surface area contributed by atoms with Crippen LogP contribution in [0.3, 0.4) is 0 Å². The fraction of sp³-hybridized carbons (Fsp3) is 0.900. The Bertz CT molecular complexity index is 229. The molecule has 0 spiro atoms. The first-order valence-corrected chi connectivity index (χ1v) is 5.59. The number of rotatable bonds is 1. The van der Waals surface area contributed by atoms with E-state index in [0.717, 1.165) is 39.3 Å². The largest absolute Gasteiger partial charge is 0.359 e. The van der Waals surface area contributed by atoms with Gasteiger partial charge in [-0.1, -0.05) is 0 Å². The summed E-state index contributed by atoms with van der Waals surface area (Å²) in [7, 11) is 0. The Labute approximate surface area is 90.4 Å². The van der Waals surface area contributed by atoms with Crippen molar-refractivity contribution in [3.63, 3.8) is 0 Å². The molecular weight excluding hydrogens is 194 g/mol. The highest BCUT2D eigenvalue weighted by Crippen LogP contribution is 2.10. The molecule has 0 bridgehead atoms. The van der Waals surface area contributed by atoms with Crippen LogP contribution in [0, 0.1) is 0 Å². The molecular formula is C10H19N3O2. The minimum atomic E-state index is 0.102. The van der Waals surface area contributed by atoms with Crippen LogP contribution < -0.4 is 5.32 Å². The molecule has 15 heavy (non-hydrogen) atoms. The second-order valence-electron chi connectivity index (χ2n) is 4.08. The number of piperazine rings is 1. The number of carbonyl (C=O) groups is 1. The Balaban J connectivity index is 1.88. The van der Waals surface area contributed by atoms with Gasteiger partial charge in [-0.2, -0.15) is 0 Å². The molecule has 0 radical (unpaired) electrons. The minimum Gasteiger partial charge on any atom is -0.359 e. The van der Waals surface area contributed by atoms with Crippen LogP contribution in [0.1, 0.15) is 6.92 Å². The molecule has 2 heterocycles. The number of amides is 1. The van der Waals surface area contributed by atoms with E-state index in [1.165, 1.54) is 0 Å². The van der Waals surface area contributed by atoms with Crippen LogP contribution in [0.15, 0.2) is 0 Å². The Morgan fingerprint density at radius 3 is 2.73 bits per heavy atom. The quantitative estimate of drug-likeness (QED) is 0.613. The molecule has 5 nitrogen and oxygen atoms in total. The second-order valence-corrected chi connectivity index (χ2v) is 4.08. The lowest BCUT2D eigenvalue weighted by molar-refractivity contribution is -0.148. The van der Waals surface area contributed by atoms with E-state index in [2.05, 4.69) is 10.2 Å². The standard InChI is InChI=1S/C10H19N3O2/c1-9(14)13-6-7-15-10(8-13)12-4-2-11-3-5-12/h10-11H,2-8H2,1H3. The van der Waals surface area contributed by atoms with Crippen molar-refractivity contribution in [2.45, 2.75) is 13.2 Å². The molecule has 0 saturated carbocycles. The van der Waals surface area contributed by atoms with Crippen LogP contribution in [0.5, 0.6) is 0 Å². The minimum absolute atomic E-state index is 0.102. The first-order chi connectivity index (χ1) is 7.27. The molecule has 1 atom stereocenters. The van der Waals surface area contributed by atoms with Gasteiger partial charge in [0.1, 0.15) is 6.23 Å². The van der Waals surface area contributed by atoms with Gasteiger partial charge in [0.15, 0.2) is 0 Å². The molecule has 1 amide bonds. The van der Waals surface area contributed by atoms with Crippen molar-refractivity contribution in [1.82, 2.24) is 15.1 Å². The maximum atomic E-state index is 11.3. The lowest BCUT2D eigenvalue weighted by Crippen LogP contribution is -2.56. The Hall–Kier alpha value is -0.650. The maximum absolute atomic E-state index is 11.3. The van der Waals surface area contributed by atoms with Crippen LogP contribution >= 0.6 is 0 Å². The number of hydrogen-bond acceptors (Lipinski definition) is 4. The van der Waals surface area contributed by atoms with Crippen molar-refractivity contribution < 1.29 is 9.53 Å². The molecule has 0 aromatic carbocycles. The molecule has 5 heteroatoms. The highest BCUT2D eigenvalue weighted by molar-refractivity contribution is 5.73. The predicted molar refractivity (Wildman–Crippen MR) is 56.4 cm³/mol. The molecule has 0 aromatic rings. The van der Waals surface area contributed by atoms with Crippen LogP contribution in [0.4, 0.5) is 0 Å². The molecule has 0 aliphatic carbocycles. The van der Waals surface area contributed by atoms with E-state index < -0.39 is 0 Å². The zero-order chi connectivity index (χ0) is 10.7. The first kappa shape index (κ1) is 10.9. The van der Waals surface area contributed by atoms with Gasteiger partial charge in [0.2, 0.25) is 5.91 Å². The summed E-state index contributed by atoms with van der Waals surface area (Å²) in [5.41, 5.74) is 0. The summed E-state index contributed by atoms with van der Waals surface area (Å²) >= 11 is 0. The zero-order valence-corrected chi connectivity index (χ0v) is 9.24. The van der Waals surface area contributed by atoms with Gasteiger partial charge in [-0.15, -0.1) is 0 Å². The molecule has 2 aliphatic heterocycles. The van der Waals surface area contributed by atoms with Crippen LogP contribution in [0.2, 0.25) is 0 Å². The third-order valence-electron chi connectivity index (χ3n) is 3.05. The summed E-state index contributed by atoms with van der Waals surface area (Å²) < 4.78 is 5.70. The lowest BCUT2D eigenvalue weighted by atomic mass is 10.3. The molecule has 2 rings (SSSR count). The van der Waals surface area contributed by atoms with Crippen LogP contribution in [-0.4, -0.2) is 67.8 Å². The molecule has 2 aliphatic rings. The summed E-state index contributed by atoms with van der Waals surface area (Å²) in [4.78, 5) is 15.4. The highest BCUT2D eigenvalue weighted by Gasteiger charge is 2.27. The van der Waals surface area contributed by atoms with Gasteiger partial charge in [0, 0.05) is 39.6 Å². The Kier molecular flexibility index (Phi) is 3.56. The molecule has 86 valence electrons. The van der Waals surface area contributed by atoms with Gasteiger partial charge in [0.25, 0.3) is 0 Å². The monoisotopic (exact) mass is 213 g/mol. The third kappa shape index (κ3) is 2.68. The van der Waals surface area contributed by atoms with Gasteiger partial charge < -0.3 is 15.0 Å². The van der Waals surface area contributed by atoms with E-state index >= 15 is 0 Å². The van der Waals surface area contributed by atoms with Gasteiger partial charge in [-0.25, -0.2) is 0 Å². The summed E-state index contributed by atoms with van der Waals surface area (Å²) in [6.07, 6.45) is 0.102. The summed E-state index contributed by atoms with van der Waals surface area (Å²) in [6.45, 7) is 7.79. The number of morpholine rings is 1. The number of nitrogens with zero attached hydrogens (tertiary/aromatic N) is 2. The number of hydrogen-bond donors (Lipinski definition) is 1. The average molecular weight is 213 g/mol. The van der Waals surface area contributed by atoms with E-state index in [1.807, 2.05) is 4.90 Å². The number of ether oxygens (including phenoxy) is 1. The van der Waals surface area contributed by atoms with Gasteiger partial charge >= 0.3 is 0 Å². The van der Waals surface area contributed by atoms with E-state index in [1.54, 1.807) is 6.92 Å². The topological polar surface area (TPSA) is 44.8 Å². The van der Waals surface area contributed by atoms with E-state index in [0.29, 0.717) is 6.61 Å². The van der Waals surface area contributed by atoms with Crippen LogP contribution in [0.25, 0.3) is 0 Å². The highest BCUT2D eigenvalue weighted by atomic mass is 16.5. The SMILES string of the molecule is CC(=O)N1CCOC(N2CCNCC2)C1. The number of carbonyl (C=O) groups excluding carboxylic acids is 1. The Morgan fingerprint density at radius 2 is 2.07 bits per heavy atom. The first-order valence-electron chi connectivity index (χ1n) is 5.59. The summed E-state index contributed by atoms with van der Waals surface area (Å²) in [6, 6.07) is 0. The number of nitrogens with one attached hydrogen (secondary N) is 1. The lowest BCUT2D eigenvalue weighted by Gasteiger charge is -2.40. The molecule has 1 N–H and O–H groups in total. The van der Waals surface area contributed by atoms with Crippen molar-refractivity contribution in [1.29, 1.82) is 0 Å². The van der Waals surface area contributed by atoms with Crippen LogP contribution in [-0.2, 0) is 9.53 Å². The molecule has 0 aromatic heterocycles. The predicted octanol–water partition coefficient (Wildman–Crippen LogP) is -0.904. The summed E-state index contributed by atoms with van der Waals surface area (Å²) in [5.74, 6) is 0.151. The third-order valence-corrected chi connectivity index (χ3v) is 3.05. The summed E-state index contributed by atoms with van der Waals surface area (Å²) in [5, 5.41) is 3.31. The van der Waals surface area contributed by atoms with Crippen molar-refractivity contribution in [3.05, 3.63) is 0 Å². The fourth-order valence-corrected chi connectivity index (χ4v) is 2.11. The van der Waals surface area contributed by atoms with Crippen molar-refractivity contribution in [2.24, 2.45) is 0 Å². The molecule has 2 saturated heterocycles. The molecule has 1 unspecified atom stereocenters. The van der Waals surface area contributed by atoms with Gasteiger partial charge in [-0.3, -0.25) is 9.69 Å². The van der Waals surface area contributed by atoms with Crippen molar-refractivity contribution >= 4 is 5.91 Å². The second kappa shape index (κ2) is 4.92. The van der Waals surface area contributed by atoms with Gasteiger partial charge in [-0.05, 0) is 0 Å². The molecule has 2 fully saturated rings. The van der Waals surface area contributed by atoms with Gasteiger partial charge in [0.05, 0.1) is 13.2 Å². The zero-order valence-electron chi connectivity index (χ0n) is 9.24. The van der Waals surface area contributed by atoms with E-state index in [-0.39, 0.29) is 12.1 Å². The Morgan fingerprint density at radius 1 is 1.33 bits per heavy atom. The van der Waals surface area contributed by atoms with Crippen molar-refractivity contribution in [2.75, 3.05) is 45.9 Å². The van der Waals surface area contributed by atoms with Crippen molar-refractivity contribution in [3.8, 4) is 0 Å².